The lowest BCUT2D eigenvalue weighted by Crippen LogP contribution is -2.36. The highest BCUT2D eigenvalue weighted by atomic mass is 35.5. The number of nitrogens with two attached hydrogens (primary N) is 1. The highest BCUT2D eigenvalue weighted by molar-refractivity contribution is 7.89. The van der Waals surface area contributed by atoms with Crippen LogP contribution in [0.1, 0.15) is 19.4 Å². The van der Waals surface area contributed by atoms with Gasteiger partial charge in [-0.15, -0.1) is 0 Å². The fourth-order valence-electron chi connectivity index (χ4n) is 1.55. The SMILES string of the molecule is CC(C)N(C)CCNS(=O)(=O)c1cc(C(N)=S)ccc1Cl. The fraction of sp³-hybridized carbons (Fsp3) is 0.462. The molecule has 0 aromatic heterocycles. The third-order valence-corrected chi connectivity index (χ3v) is 5.32. The van der Waals surface area contributed by atoms with Crippen molar-refractivity contribution in [2.24, 2.45) is 5.73 Å². The third-order valence-electron chi connectivity index (χ3n) is 3.14. The molecule has 0 radical (unpaired) electrons. The van der Waals surface area contributed by atoms with Gasteiger partial charge < -0.3 is 10.6 Å². The Kier molecular flexibility index (Phi) is 6.55. The van der Waals surface area contributed by atoms with Gasteiger partial charge in [0.1, 0.15) is 9.88 Å². The van der Waals surface area contributed by atoms with Crippen LogP contribution in [0.15, 0.2) is 23.1 Å². The zero-order valence-electron chi connectivity index (χ0n) is 12.3. The molecule has 0 amide bonds. The smallest absolute Gasteiger partial charge is 0.242 e. The molecule has 0 aliphatic heterocycles. The number of thiocarbonyl (C=S) groups is 1. The van der Waals surface area contributed by atoms with Crippen molar-refractivity contribution in [1.29, 1.82) is 0 Å². The Morgan fingerprint density at radius 2 is 2.10 bits per heavy atom. The minimum Gasteiger partial charge on any atom is -0.389 e. The number of sulfonamides is 1. The van der Waals surface area contributed by atoms with Crippen molar-refractivity contribution in [3.05, 3.63) is 28.8 Å². The van der Waals surface area contributed by atoms with E-state index in [1.165, 1.54) is 12.1 Å². The number of nitrogens with zero attached hydrogens (tertiary/aromatic N) is 1. The number of benzene rings is 1. The van der Waals surface area contributed by atoms with Gasteiger partial charge in [0.05, 0.1) is 5.02 Å². The normalized spacial score (nSPS) is 12.1. The number of nitrogens with one attached hydrogen (secondary N) is 1. The highest BCUT2D eigenvalue weighted by Crippen LogP contribution is 2.22. The monoisotopic (exact) mass is 349 g/mol. The molecule has 118 valence electrons. The van der Waals surface area contributed by atoms with Gasteiger partial charge in [-0.25, -0.2) is 13.1 Å². The Morgan fingerprint density at radius 3 is 2.62 bits per heavy atom. The van der Waals surface area contributed by atoms with Gasteiger partial charge in [-0.1, -0.05) is 29.9 Å². The topological polar surface area (TPSA) is 75.4 Å². The van der Waals surface area contributed by atoms with Crippen LogP contribution >= 0.6 is 23.8 Å². The molecule has 1 rings (SSSR count). The van der Waals surface area contributed by atoms with Crippen LogP contribution in [0.25, 0.3) is 0 Å². The van der Waals surface area contributed by atoms with Crippen LogP contribution in [-0.4, -0.2) is 44.5 Å². The molecule has 1 aromatic carbocycles. The Hall–Kier alpha value is -0.730. The van der Waals surface area contributed by atoms with Crippen LogP contribution in [0.2, 0.25) is 5.02 Å². The average molecular weight is 350 g/mol. The van der Waals surface area contributed by atoms with Gasteiger partial charge in [-0.2, -0.15) is 0 Å². The molecule has 1 aromatic rings. The van der Waals surface area contributed by atoms with Gasteiger partial charge in [-0.05, 0) is 33.0 Å². The molecular formula is C13H20ClN3O2S2. The molecule has 0 saturated heterocycles. The summed E-state index contributed by atoms with van der Waals surface area (Å²) in [5, 5.41) is 0.139. The van der Waals surface area contributed by atoms with Crippen LogP contribution in [0.3, 0.4) is 0 Å². The number of hydrogen-bond acceptors (Lipinski definition) is 4. The van der Waals surface area contributed by atoms with Crippen molar-refractivity contribution >= 4 is 38.8 Å². The largest absolute Gasteiger partial charge is 0.389 e. The van der Waals surface area contributed by atoms with E-state index in [1.807, 2.05) is 25.8 Å². The summed E-state index contributed by atoms with van der Waals surface area (Å²) < 4.78 is 27.1. The minimum atomic E-state index is -3.69. The number of hydrogen-bond donors (Lipinski definition) is 2. The molecule has 0 fully saturated rings. The molecule has 5 nitrogen and oxygen atoms in total. The summed E-state index contributed by atoms with van der Waals surface area (Å²) in [6.45, 7) is 4.97. The first-order valence-electron chi connectivity index (χ1n) is 6.44. The van der Waals surface area contributed by atoms with Crippen LogP contribution in [0.5, 0.6) is 0 Å². The molecule has 21 heavy (non-hydrogen) atoms. The van der Waals surface area contributed by atoms with Gasteiger partial charge in [0, 0.05) is 24.7 Å². The maximum absolute atomic E-state index is 12.3. The molecule has 0 aliphatic rings. The number of likely N-dealkylation sites (N-methyl/N-ethyl adjacent to an activating group) is 1. The molecule has 0 unspecified atom stereocenters. The molecule has 0 heterocycles. The van der Waals surface area contributed by atoms with Gasteiger partial charge in [0.25, 0.3) is 0 Å². The van der Waals surface area contributed by atoms with Gasteiger partial charge >= 0.3 is 0 Å². The number of rotatable bonds is 7. The van der Waals surface area contributed by atoms with E-state index in [0.717, 1.165) is 0 Å². The van der Waals surface area contributed by atoms with Gasteiger partial charge in [0.15, 0.2) is 0 Å². The maximum atomic E-state index is 12.3. The minimum absolute atomic E-state index is 0.0123. The Bertz CT molecular complexity index is 618. The van der Waals surface area contributed by atoms with Crippen molar-refractivity contribution in [2.45, 2.75) is 24.8 Å². The van der Waals surface area contributed by atoms with Crippen molar-refractivity contribution in [1.82, 2.24) is 9.62 Å². The molecule has 8 heteroatoms. The summed E-state index contributed by atoms with van der Waals surface area (Å²) >= 11 is 10.8. The zero-order valence-corrected chi connectivity index (χ0v) is 14.6. The third kappa shape index (κ3) is 5.19. The quantitative estimate of drug-likeness (QED) is 0.731. The molecule has 0 saturated carbocycles. The van der Waals surface area contributed by atoms with Crippen LogP contribution < -0.4 is 10.5 Å². The maximum Gasteiger partial charge on any atom is 0.242 e. The Labute approximate surface area is 136 Å². The van der Waals surface area contributed by atoms with E-state index in [1.54, 1.807) is 6.07 Å². The molecule has 0 aliphatic carbocycles. The summed E-state index contributed by atoms with van der Waals surface area (Å²) in [5.41, 5.74) is 5.98. The van der Waals surface area contributed by atoms with E-state index >= 15 is 0 Å². The van der Waals surface area contributed by atoms with E-state index in [4.69, 9.17) is 29.6 Å². The summed E-state index contributed by atoms with van der Waals surface area (Å²) in [5.74, 6) is 0. The standard InChI is InChI=1S/C13H20ClN3O2S2/c1-9(2)17(3)7-6-16-21(18,19)12-8-10(13(15)20)4-5-11(12)14/h4-5,8-9,16H,6-7H2,1-3H3,(H2,15,20). The lowest BCUT2D eigenvalue weighted by Gasteiger charge is -2.21. The Balaban J connectivity index is 2.88. The first kappa shape index (κ1) is 18.3. The van der Waals surface area contributed by atoms with Crippen molar-refractivity contribution in [2.75, 3.05) is 20.1 Å². The lowest BCUT2D eigenvalue weighted by atomic mass is 10.2. The molecule has 0 bridgehead atoms. The van der Waals surface area contributed by atoms with Crippen molar-refractivity contribution in [3.63, 3.8) is 0 Å². The van der Waals surface area contributed by atoms with E-state index in [-0.39, 0.29) is 14.9 Å². The lowest BCUT2D eigenvalue weighted by molar-refractivity contribution is 0.278. The first-order valence-corrected chi connectivity index (χ1v) is 8.71. The molecule has 3 N–H and O–H groups in total. The fourth-order valence-corrected chi connectivity index (χ4v) is 3.23. The predicted molar refractivity (Wildman–Crippen MR) is 90.3 cm³/mol. The molecule has 0 atom stereocenters. The second-order valence-corrected chi connectivity index (χ2v) is 7.56. The van der Waals surface area contributed by atoms with Gasteiger partial charge in [-0.3, -0.25) is 0 Å². The average Bonchev–Trinajstić information content (AvgIpc) is 2.38. The molecular weight excluding hydrogens is 330 g/mol. The van der Waals surface area contributed by atoms with Crippen LogP contribution in [0.4, 0.5) is 0 Å². The van der Waals surface area contributed by atoms with E-state index in [2.05, 4.69) is 4.72 Å². The summed E-state index contributed by atoms with van der Waals surface area (Å²) in [6, 6.07) is 4.80. The van der Waals surface area contributed by atoms with Crippen molar-refractivity contribution in [3.8, 4) is 0 Å². The Morgan fingerprint density at radius 1 is 1.48 bits per heavy atom. The highest BCUT2D eigenvalue weighted by Gasteiger charge is 2.19. The number of halogens is 1. The zero-order chi connectivity index (χ0) is 16.2. The summed E-state index contributed by atoms with van der Waals surface area (Å²) in [4.78, 5) is 2.15. The van der Waals surface area contributed by atoms with E-state index < -0.39 is 10.0 Å². The summed E-state index contributed by atoms with van der Waals surface area (Å²) in [6.07, 6.45) is 0. The van der Waals surface area contributed by atoms with Crippen LogP contribution in [-0.2, 0) is 10.0 Å². The predicted octanol–water partition coefficient (Wildman–Crippen LogP) is 1.59. The second kappa shape index (κ2) is 7.51. The van der Waals surface area contributed by atoms with Crippen molar-refractivity contribution < 1.29 is 8.42 Å². The van der Waals surface area contributed by atoms with E-state index in [9.17, 15) is 8.42 Å². The first-order chi connectivity index (χ1) is 9.65. The van der Waals surface area contributed by atoms with E-state index in [0.29, 0.717) is 24.7 Å². The van der Waals surface area contributed by atoms with Crippen LogP contribution in [0, 0.1) is 0 Å². The second-order valence-electron chi connectivity index (χ2n) is 4.98. The molecule has 0 spiro atoms. The van der Waals surface area contributed by atoms with Gasteiger partial charge in [0.2, 0.25) is 10.0 Å². The summed E-state index contributed by atoms with van der Waals surface area (Å²) in [7, 11) is -1.76.